The number of hydrogen-bond donors (Lipinski definition) is 1. The summed E-state index contributed by atoms with van der Waals surface area (Å²) in [5, 5.41) is 14.8. The second-order valence-electron chi connectivity index (χ2n) is 10.7. The number of aliphatic hydroxyl groups excluding tert-OH is 1. The maximum absolute atomic E-state index is 11.9. The highest BCUT2D eigenvalue weighted by Crippen LogP contribution is 2.46. The molecule has 5 rings (SSSR count). The molecular formula is C29H31Cl3N4O4S. The lowest BCUT2D eigenvalue weighted by Crippen LogP contribution is -2.38. The van der Waals surface area contributed by atoms with Crippen molar-refractivity contribution in [2.45, 2.75) is 49.1 Å². The Kier molecular flexibility index (Phi) is 10.1. The lowest BCUT2D eigenvalue weighted by molar-refractivity contribution is -0.133. The van der Waals surface area contributed by atoms with Gasteiger partial charge in [0.15, 0.2) is 0 Å². The summed E-state index contributed by atoms with van der Waals surface area (Å²) in [5.74, 6) is -0.399. The number of imide groups is 1. The SMILES string of the molecule is CC(C)(C)C(O)C(Oc1ccc(-c2ccccc2)cc1)n1cncn1.O=C1C2CC=CCC2C(=O)N1SC(Cl)(Cl)Cl. The predicted octanol–water partition coefficient (Wildman–Crippen LogP) is 6.84. The number of hydrogen-bond acceptors (Lipinski definition) is 7. The van der Waals surface area contributed by atoms with Gasteiger partial charge in [-0.2, -0.15) is 5.10 Å². The Balaban J connectivity index is 0.000000208. The van der Waals surface area contributed by atoms with Crippen LogP contribution in [-0.4, -0.2) is 45.2 Å². The van der Waals surface area contributed by atoms with Gasteiger partial charge in [-0.3, -0.25) is 9.59 Å². The summed E-state index contributed by atoms with van der Waals surface area (Å²) in [7, 11) is 0. The van der Waals surface area contributed by atoms with Gasteiger partial charge in [-0.15, -0.1) is 0 Å². The number of allylic oxidation sites excluding steroid dienone is 2. The van der Waals surface area contributed by atoms with Gasteiger partial charge < -0.3 is 9.84 Å². The van der Waals surface area contributed by atoms with Gasteiger partial charge in [-0.05, 0) is 41.5 Å². The molecule has 1 N–H and O–H groups in total. The zero-order chi connectivity index (χ0) is 29.8. The molecule has 1 aliphatic carbocycles. The van der Waals surface area contributed by atoms with Crippen molar-refractivity contribution in [1.29, 1.82) is 0 Å². The van der Waals surface area contributed by atoms with E-state index in [1.54, 1.807) is 11.0 Å². The summed E-state index contributed by atoms with van der Waals surface area (Å²) < 4.78 is 6.90. The van der Waals surface area contributed by atoms with Crippen LogP contribution in [0.25, 0.3) is 11.1 Å². The molecule has 2 aliphatic rings. The summed E-state index contributed by atoms with van der Waals surface area (Å²) in [6.07, 6.45) is 6.60. The Hall–Kier alpha value is -2.56. The molecule has 2 aromatic carbocycles. The molecule has 8 nitrogen and oxygen atoms in total. The normalized spacial score (nSPS) is 20.2. The first-order chi connectivity index (χ1) is 19.3. The minimum atomic E-state index is -1.69. The first kappa shape index (κ1) is 31.4. The van der Waals surface area contributed by atoms with E-state index in [0.717, 1.165) is 15.4 Å². The molecule has 1 aliphatic heterocycles. The predicted molar refractivity (Wildman–Crippen MR) is 162 cm³/mol. The van der Waals surface area contributed by atoms with Gasteiger partial charge in [-0.25, -0.2) is 14.0 Å². The third-order valence-corrected chi connectivity index (χ3v) is 8.11. The first-order valence-electron chi connectivity index (χ1n) is 13.0. The van der Waals surface area contributed by atoms with Crippen molar-refractivity contribution >= 4 is 58.6 Å². The number of halogens is 3. The summed E-state index contributed by atoms with van der Waals surface area (Å²) in [4.78, 5) is 27.8. The molecule has 0 saturated carbocycles. The van der Waals surface area contributed by atoms with E-state index < -0.39 is 15.5 Å². The zero-order valence-electron chi connectivity index (χ0n) is 22.7. The van der Waals surface area contributed by atoms with E-state index >= 15 is 0 Å². The third kappa shape index (κ3) is 8.05. The molecule has 2 amide bonds. The van der Waals surface area contributed by atoms with E-state index in [1.165, 1.54) is 6.33 Å². The maximum Gasteiger partial charge on any atom is 0.256 e. The topological polar surface area (TPSA) is 97.5 Å². The van der Waals surface area contributed by atoms with Crippen LogP contribution in [0.15, 0.2) is 79.4 Å². The molecule has 1 saturated heterocycles. The summed E-state index contributed by atoms with van der Waals surface area (Å²) in [5.41, 5.74) is 1.90. The van der Waals surface area contributed by atoms with Crippen molar-refractivity contribution in [3.05, 3.63) is 79.4 Å². The Morgan fingerprint density at radius 1 is 0.927 bits per heavy atom. The fraction of sp³-hybridized carbons (Fsp3) is 0.379. The molecule has 0 spiro atoms. The van der Waals surface area contributed by atoms with Crippen LogP contribution in [0.2, 0.25) is 0 Å². The number of carbonyl (C=O) groups is 2. The van der Waals surface area contributed by atoms with Crippen molar-refractivity contribution in [2.24, 2.45) is 17.3 Å². The quantitative estimate of drug-likeness (QED) is 0.137. The number of rotatable bonds is 6. The standard InChI is InChI=1S/C20H23N3O2.C9H8Cl3NO2S/c1-20(2,3)18(24)19(23-14-21-13-22-23)25-17-11-9-16(10-12-17)15-7-5-4-6-8-15;10-9(11,12)16-13-7(14)5-3-1-2-4-6(5)8(13)15/h4-14,18-19,24H,1-3H3;1-2,5-6H,3-4H2. The van der Waals surface area contributed by atoms with Gasteiger partial charge in [0.1, 0.15) is 24.5 Å². The molecule has 0 bridgehead atoms. The van der Waals surface area contributed by atoms with Crippen molar-refractivity contribution in [3.63, 3.8) is 0 Å². The minimum Gasteiger partial charge on any atom is -0.466 e. The van der Waals surface area contributed by atoms with E-state index in [1.807, 2.05) is 75.4 Å². The Labute approximate surface area is 258 Å². The van der Waals surface area contributed by atoms with E-state index in [4.69, 9.17) is 39.5 Å². The largest absolute Gasteiger partial charge is 0.466 e. The highest BCUT2D eigenvalue weighted by molar-refractivity contribution is 8.03. The zero-order valence-corrected chi connectivity index (χ0v) is 25.8. The monoisotopic (exact) mass is 636 g/mol. The van der Waals surface area contributed by atoms with Crippen LogP contribution in [0.5, 0.6) is 5.75 Å². The number of carbonyl (C=O) groups excluding carboxylic acids is 2. The van der Waals surface area contributed by atoms with Crippen LogP contribution >= 0.6 is 46.8 Å². The van der Waals surface area contributed by atoms with Gasteiger partial charge in [0, 0.05) is 11.9 Å². The highest BCUT2D eigenvalue weighted by atomic mass is 35.6. The van der Waals surface area contributed by atoms with Crippen LogP contribution < -0.4 is 4.74 Å². The Bertz CT molecular complexity index is 1320. The number of fused-ring (bicyclic) bond motifs is 1. The molecule has 1 fully saturated rings. The second kappa shape index (κ2) is 13.2. The van der Waals surface area contributed by atoms with Crippen LogP contribution in [0.3, 0.4) is 0 Å². The van der Waals surface area contributed by atoms with Crippen LogP contribution in [0.1, 0.15) is 39.8 Å². The van der Waals surface area contributed by atoms with Crippen LogP contribution in [-0.2, 0) is 9.59 Å². The number of aromatic nitrogens is 3. The Morgan fingerprint density at radius 3 is 1.98 bits per heavy atom. The average Bonchev–Trinajstić information content (AvgIpc) is 3.55. The van der Waals surface area contributed by atoms with E-state index in [9.17, 15) is 14.7 Å². The smallest absolute Gasteiger partial charge is 0.256 e. The number of nitrogens with zero attached hydrogens (tertiary/aromatic N) is 4. The molecule has 12 heteroatoms. The van der Waals surface area contributed by atoms with Gasteiger partial charge in [0.05, 0.1) is 11.8 Å². The van der Waals surface area contributed by atoms with Crippen molar-refractivity contribution in [2.75, 3.05) is 0 Å². The van der Waals surface area contributed by atoms with Crippen LogP contribution in [0, 0.1) is 17.3 Å². The lowest BCUT2D eigenvalue weighted by atomic mass is 9.85. The number of aliphatic hydroxyl groups is 1. The summed E-state index contributed by atoms with van der Waals surface area (Å²) in [6, 6.07) is 18.0. The van der Waals surface area contributed by atoms with E-state index in [0.29, 0.717) is 30.5 Å². The van der Waals surface area contributed by atoms with Crippen LogP contribution in [0.4, 0.5) is 0 Å². The minimum absolute atomic E-state index is 0.254. The van der Waals surface area contributed by atoms with Gasteiger partial charge in [0.2, 0.25) is 18.0 Å². The molecule has 218 valence electrons. The fourth-order valence-corrected chi connectivity index (χ4v) is 5.78. The second-order valence-corrected chi connectivity index (χ2v) is 14.9. The van der Waals surface area contributed by atoms with Crippen molar-refractivity contribution in [3.8, 4) is 16.9 Å². The van der Waals surface area contributed by atoms with Gasteiger partial charge >= 0.3 is 0 Å². The van der Waals surface area contributed by atoms with Gasteiger partial charge in [0.25, 0.3) is 3.12 Å². The third-order valence-electron chi connectivity index (χ3n) is 6.73. The maximum atomic E-state index is 11.9. The lowest BCUT2D eigenvalue weighted by Gasteiger charge is -2.32. The fourth-order valence-electron chi connectivity index (χ4n) is 4.50. The summed E-state index contributed by atoms with van der Waals surface area (Å²) in [6.45, 7) is 5.89. The molecule has 4 unspecified atom stereocenters. The number of ether oxygens (including phenoxy) is 1. The molecular weight excluding hydrogens is 607 g/mol. The van der Waals surface area contributed by atoms with E-state index in [2.05, 4.69) is 22.2 Å². The van der Waals surface area contributed by atoms with Gasteiger partial charge in [-0.1, -0.05) is 110 Å². The molecule has 3 aromatic rings. The molecule has 4 atom stereocenters. The summed E-state index contributed by atoms with van der Waals surface area (Å²) >= 11 is 17.4. The Morgan fingerprint density at radius 2 is 1.49 bits per heavy atom. The van der Waals surface area contributed by atoms with E-state index in [-0.39, 0.29) is 29.1 Å². The number of amides is 2. The number of alkyl halides is 3. The average molecular weight is 638 g/mol. The molecule has 0 radical (unpaired) electrons. The highest BCUT2D eigenvalue weighted by Gasteiger charge is 2.50. The van der Waals surface area contributed by atoms with Crippen molar-refractivity contribution in [1.82, 2.24) is 19.1 Å². The molecule has 2 heterocycles. The first-order valence-corrected chi connectivity index (χ1v) is 14.9. The molecule has 41 heavy (non-hydrogen) atoms. The number of benzene rings is 2. The van der Waals surface area contributed by atoms with Crippen molar-refractivity contribution < 1.29 is 19.4 Å². The molecule has 1 aromatic heterocycles.